The summed E-state index contributed by atoms with van der Waals surface area (Å²) in [7, 11) is 4.62. The molecule has 0 saturated carbocycles. The number of aryl methyl sites for hydroxylation is 2. The Labute approximate surface area is 280 Å². The molecule has 47 heavy (non-hydrogen) atoms. The molecular formula is C34H33Cl2N7O4. The second kappa shape index (κ2) is 12.7. The third-order valence-electron chi connectivity index (χ3n) is 9.07. The quantitative estimate of drug-likeness (QED) is 0.228. The highest BCUT2D eigenvalue weighted by molar-refractivity contribution is 6.39. The highest BCUT2D eigenvalue weighted by atomic mass is 35.5. The van der Waals surface area contributed by atoms with Crippen LogP contribution in [0.15, 0.2) is 58.4 Å². The van der Waals surface area contributed by atoms with Crippen LogP contribution in [0, 0.1) is 0 Å². The lowest BCUT2D eigenvalue weighted by molar-refractivity contribution is 0.0748. The molecule has 13 heteroatoms. The zero-order chi connectivity index (χ0) is 32.8. The average Bonchev–Trinajstić information content (AvgIpc) is 3.50. The van der Waals surface area contributed by atoms with Gasteiger partial charge in [0.2, 0.25) is 5.88 Å². The van der Waals surface area contributed by atoms with Gasteiger partial charge in [0.1, 0.15) is 17.5 Å². The third kappa shape index (κ3) is 5.57. The van der Waals surface area contributed by atoms with Crippen LogP contribution >= 0.6 is 23.2 Å². The molecule has 0 amide bonds. The Bertz CT molecular complexity index is 2140. The third-order valence-corrected chi connectivity index (χ3v) is 9.88. The summed E-state index contributed by atoms with van der Waals surface area (Å²) in [6.45, 7) is 1.56. The molecule has 1 fully saturated rings. The van der Waals surface area contributed by atoms with Crippen molar-refractivity contribution in [1.82, 2.24) is 29.4 Å². The van der Waals surface area contributed by atoms with Gasteiger partial charge in [0, 0.05) is 61.6 Å². The Morgan fingerprint density at radius 3 is 2.43 bits per heavy atom. The van der Waals surface area contributed by atoms with Gasteiger partial charge < -0.3 is 20.1 Å². The van der Waals surface area contributed by atoms with E-state index in [0.29, 0.717) is 38.8 Å². The van der Waals surface area contributed by atoms with Crippen LogP contribution in [-0.2, 0) is 25.3 Å². The monoisotopic (exact) mass is 673 g/mol. The topological polar surface area (TPSA) is 125 Å². The van der Waals surface area contributed by atoms with Gasteiger partial charge in [-0.05, 0) is 43.4 Å². The molecule has 2 aromatic carbocycles. The number of hydrogen-bond acceptors (Lipinski definition) is 9. The van der Waals surface area contributed by atoms with E-state index in [2.05, 4.69) is 26.7 Å². The predicted molar refractivity (Wildman–Crippen MR) is 183 cm³/mol. The van der Waals surface area contributed by atoms with Crippen LogP contribution in [0.25, 0.3) is 33.4 Å². The van der Waals surface area contributed by atoms with E-state index in [1.54, 1.807) is 20.2 Å². The lowest BCUT2D eigenvalue weighted by Crippen LogP contribution is -2.37. The Kier molecular flexibility index (Phi) is 8.48. The van der Waals surface area contributed by atoms with E-state index < -0.39 is 11.2 Å². The van der Waals surface area contributed by atoms with E-state index in [4.69, 9.17) is 37.7 Å². The molecule has 1 unspecified atom stereocenters. The van der Waals surface area contributed by atoms with Gasteiger partial charge in [-0.15, -0.1) is 0 Å². The van der Waals surface area contributed by atoms with Crippen molar-refractivity contribution >= 4 is 45.7 Å². The molecule has 0 radical (unpaired) electrons. The van der Waals surface area contributed by atoms with Gasteiger partial charge in [-0.25, -0.2) is 19.7 Å². The first-order chi connectivity index (χ1) is 22.8. The van der Waals surface area contributed by atoms with Crippen LogP contribution in [0.4, 0.5) is 11.5 Å². The SMILES string of the molecule is COc1nc(-c2cccc(-c3cccc(Nc4ncnc5c4c(=O)n(C)c(=O)n5C)c3Cl)c2Cl)cc2c1C(NC1CCOCC1)CC2. The number of ether oxygens (including phenoxy) is 2. The molecule has 4 heterocycles. The van der Waals surface area contributed by atoms with Crippen molar-refractivity contribution in [3.05, 3.63) is 90.8 Å². The second-order valence-electron chi connectivity index (χ2n) is 11.8. The summed E-state index contributed by atoms with van der Waals surface area (Å²) < 4.78 is 13.7. The highest BCUT2D eigenvalue weighted by Gasteiger charge is 2.31. The molecule has 0 spiro atoms. The summed E-state index contributed by atoms with van der Waals surface area (Å²) in [5.41, 5.74) is 4.89. The molecule has 1 atom stereocenters. The Morgan fingerprint density at radius 2 is 1.66 bits per heavy atom. The van der Waals surface area contributed by atoms with Crippen LogP contribution in [0.5, 0.6) is 5.88 Å². The van der Waals surface area contributed by atoms with E-state index in [-0.39, 0.29) is 22.9 Å². The normalized spacial score (nSPS) is 16.4. The van der Waals surface area contributed by atoms with Gasteiger partial charge in [-0.3, -0.25) is 13.9 Å². The van der Waals surface area contributed by atoms with Gasteiger partial charge >= 0.3 is 5.69 Å². The number of pyridine rings is 1. The molecule has 3 aromatic heterocycles. The van der Waals surface area contributed by atoms with Crippen molar-refractivity contribution in [3.63, 3.8) is 0 Å². The number of fused-ring (bicyclic) bond motifs is 2. The summed E-state index contributed by atoms with van der Waals surface area (Å²) in [5, 5.41) is 8.03. The number of benzene rings is 2. The van der Waals surface area contributed by atoms with Crippen LogP contribution < -0.4 is 26.6 Å². The fourth-order valence-corrected chi connectivity index (χ4v) is 7.21. The van der Waals surface area contributed by atoms with Crippen LogP contribution in [0.3, 0.4) is 0 Å². The smallest absolute Gasteiger partial charge is 0.332 e. The molecule has 7 rings (SSSR count). The lowest BCUT2D eigenvalue weighted by atomic mass is 9.99. The first kappa shape index (κ1) is 31.3. The lowest BCUT2D eigenvalue weighted by Gasteiger charge is -2.27. The number of anilines is 2. The fraction of sp³-hybridized carbons (Fsp3) is 0.324. The van der Waals surface area contributed by atoms with Crippen molar-refractivity contribution in [3.8, 4) is 28.3 Å². The van der Waals surface area contributed by atoms with E-state index >= 15 is 0 Å². The standard InChI is InChI=1S/C34H33Cl2N7O4/c1-42-31-27(33(44)43(2)34(42)45)30(37-17-38-31)40-24-9-5-7-21(29(24)36)20-6-4-8-22(28(20)35)25-16-18-10-11-23(26(18)32(41-25)46-3)39-19-12-14-47-15-13-19/h4-9,16-17,19,23,39H,10-15H2,1-3H3,(H,37,38,40). The summed E-state index contributed by atoms with van der Waals surface area (Å²) in [4.78, 5) is 39.0. The minimum absolute atomic E-state index is 0.167. The molecule has 2 aliphatic rings. The van der Waals surface area contributed by atoms with E-state index in [1.807, 2.05) is 30.3 Å². The molecule has 2 N–H and O–H groups in total. The maximum absolute atomic E-state index is 13.1. The Hall–Kier alpha value is -4.29. The molecule has 1 saturated heterocycles. The predicted octanol–water partition coefficient (Wildman–Crippen LogP) is 5.57. The van der Waals surface area contributed by atoms with Crippen molar-refractivity contribution < 1.29 is 9.47 Å². The number of halogens is 2. The van der Waals surface area contributed by atoms with Gasteiger partial charge in [-0.1, -0.05) is 53.5 Å². The maximum Gasteiger partial charge on any atom is 0.332 e. The first-order valence-electron chi connectivity index (χ1n) is 15.4. The van der Waals surface area contributed by atoms with Crippen molar-refractivity contribution in [1.29, 1.82) is 0 Å². The molecule has 11 nitrogen and oxygen atoms in total. The molecule has 242 valence electrons. The van der Waals surface area contributed by atoms with Gasteiger partial charge in [-0.2, -0.15) is 0 Å². The van der Waals surface area contributed by atoms with Crippen molar-refractivity contribution in [2.24, 2.45) is 14.1 Å². The van der Waals surface area contributed by atoms with E-state index in [0.717, 1.165) is 60.3 Å². The van der Waals surface area contributed by atoms with Crippen LogP contribution in [0.2, 0.25) is 10.0 Å². The van der Waals surface area contributed by atoms with Crippen LogP contribution in [-0.4, -0.2) is 50.5 Å². The average molecular weight is 675 g/mol. The Morgan fingerprint density at radius 1 is 0.936 bits per heavy atom. The summed E-state index contributed by atoms with van der Waals surface area (Å²) >= 11 is 14.1. The Balaban J connectivity index is 1.24. The molecule has 0 bridgehead atoms. The van der Waals surface area contributed by atoms with E-state index in [1.165, 1.54) is 23.5 Å². The van der Waals surface area contributed by atoms with E-state index in [9.17, 15) is 9.59 Å². The maximum atomic E-state index is 13.1. The largest absolute Gasteiger partial charge is 0.481 e. The van der Waals surface area contributed by atoms with Gasteiger partial charge in [0.15, 0.2) is 5.65 Å². The molecule has 1 aliphatic carbocycles. The van der Waals surface area contributed by atoms with Crippen LogP contribution in [0.1, 0.15) is 36.4 Å². The van der Waals surface area contributed by atoms with Gasteiger partial charge in [0.25, 0.3) is 5.56 Å². The van der Waals surface area contributed by atoms with Crippen molar-refractivity contribution in [2.75, 3.05) is 25.6 Å². The molecule has 1 aliphatic heterocycles. The number of methoxy groups -OCH3 is 1. The summed E-state index contributed by atoms with van der Waals surface area (Å²) in [6, 6.07) is 14.0. The minimum atomic E-state index is -0.516. The molecular weight excluding hydrogens is 641 g/mol. The zero-order valence-electron chi connectivity index (χ0n) is 26.1. The summed E-state index contributed by atoms with van der Waals surface area (Å²) in [6.07, 6.45) is 5.17. The number of nitrogens with zero attached hydrogens (tertiary/aromatic N) is 5. The number of rotatable bonds is 7. The highest BCUT2D eigenvalue weighted by Crippen LogP contribution is 2.44. The number of aromatic nitrogens is 5. The molecule has 5 aromatic rings. The fourth-order valence-electron chi connectivity index (χ4n) is 6.61. The summed E-state index contributed by atoms with van der Waals surface area (Å²) in [5.74, 6) is 0.829. The zero-order valence-corrected chi connectivity index (χ0v) is 27.7. The second-order valence-corrected chi connectivity index (χ2v) is 12.6. The minimum Gasteiger partial charge on any atom is -0.481 e. The number of hydrogen-bond donors (Lipinski definition) is 2. The number of nitrogens with one attached hydrogen (secondary N) is 2. The van der Waals surface area contributed by atoms with Crippen molar-refractivity contribution in [2.45, 2.75) is 37.8 Å². The first-order valence-corrected chi connectivity index (χ1v) is 16.2. The van der Waals surface area contributed by atoms with Gasteiger partial charge in [0.05, 0.1) is 28.5 Å².